The number of carboxylic acid groups (broad SMARTS) is 1. The van der Waals surface area contributed by atoms with Crippen LogP contribution >= 0.6 is 0 Å². The van der Waals surface area contributed by atoms with Crippen molar-refractivity contribution in [2.24, 2.45) is 5.92 Å². The van der Waals surface area contributed by atoms with Crippen LogP contribution in [0.25, 0.3) is 10.9 Å². The van der Waals surface area contributed by atoms with Gasteiger partial charge in [-0.05, 0) is 73.7 Å². The fourth-order valence-electron chi connectivity index (χ4n) is 4.72. The molecule has 2 heterocycles. The van der Waals surface area contributed by atoms with Gasteiger partial charge in [0.1, 0.15) is 0 Å². The molecule has 2 aromatic carbocycles. The van der Waals surface area contributed by atoms with Gasteiger partial charge < -0.3 is 15.0 Å². The van der Waals surface area contributed by atoms with E-state index in [0.717, 1.165) is 19.5 Å². The van der Waals surface area contributed by atoms with E-state index >= 15 is 0 Å². The summed E-state index contributed by atoms with van der Waals surface area (Å²) in [6.45, 7) is 6.44. The zero-order valence-corrected chi connectivity index (χ0v) is 16.1. The average Bonchev–Trinajstić information content (AvgIpc) is 3.25. The Morgan fingerprint density at radius 2 is 1.89 bits per heavy atom. The number of hydrogen-bond donors (Lipinski definition) is 2. The van der Waals surface area contributed by atoms with E-state index in [-0.39, 0.29) is 0 Å². The maximum absolute atomic E-state index is 11.1. The van der Waals surface area contributed by atoms with Gasteiger partial charge in [-0.3, -0.25) is 0 Å². The molecule has 0 amide bonds. The number of benzene rings is 2. The summed E-state index contributed by atoms with van der Waals surface area (Å²) in [7, 11) is 2.17. The first-order valence-corrected chi connectivity index (χ1v) is 9.52. The first-order chi connectivity index (χ1) is 12.9. The molecule has 0 spiro atoms. The fourth-order valence-corrected chi connectivity index (χ4v) is 4.72. The van der Waals surface area contributed by atoms with E-state index in [4.69, 9.17) is 5.11 Å². The first kappa shape index (κ1) is 17.8. The lowest BCUT2D eigenvalue weighted by molar-refractivity contribution is 0.0697. The monoisotopic (exact) mass is 362 g/mol. The van der Waals surface area contributed by atoms with Gasteiger partial charge in [-0.25, -0.2) is 4.79 Å². The zero-order valence-electron chi connectivity index (χ0n) is 16.1. The van der Waals surface area contributed by atoms with E-state index in [1.807, 2.05) is 18.3 Å². The lowest BCUT2D eigenvalue weighted by atomic mass is 9.82. The molecule has 4 nitrogen and oxygen atoms in total. The van der Waals surface area contributed by atoms with Crippen LogP contribution < -0.4 is 0 Å². The molecule has 0 saturated carbocycles. The number of likely N-dealkylation sites (tertiary alicyclic amines) is 1. The van der Waals surface area contributed by atoms with Crippen molar-refractivity contribution in [1.82, 2.24) is 9.88 Å². The van der Waals surface area contributed by atoms with Crippen LogP contribution in [0.3, 0.4) is 0 Å². The van der Waals surface area contributed by atoms with Crippen LogP contribution in [0.2, 0.25) is 0 Å². The Kier molecular flexibility index (Phi) is 4.52. The van der Waals surface area contributed by atoms with Gasteiger partial charge in [0.15, 0.2) is 0 Å². The Labute approximate surface area is 159 Å². The van der Waals surface area contributed by atoms with Crippen molar-refractivity contribution >= 4 is 16.9 Å². The highest BCUT2D eigenvalue weighted by atomic mass is 16.4. The quantitative estimate of drug-likeness (QED) is 0.724. The summed E-state index contributed by atoms with van der Waals surface area (Å²) >= 11 is 0. The Morgan fingerprint density at radius 3 is 2.59 bits per heavy atom. The van der Waals surface area contributed by atoms with Crippen LogP contribution in [0.1, 0.15) is 38.5 Å². The molecule has 1 aliphatic rings. The normalized spacial score (nSPS) is 20.4. The lowest BCUT2D eigenvalue weighted by Gasteiger charge is -2.21. The summed E-state index contributed by atoms with van der Waals surface area (Å²) in [5.41, 5.74) is 6.91. The molecule has 4 rings (SSSR count). The molecule has 1 saturated heterocycles. The highest BCUT2D eigenvalue weighted by molar-refractivity contribution is 5.88. The molecule has 1 aromatic heterocycles. The first-order valence-electron chi connectivity index (χ1n) is 9.52. The minimum Gasteiger partial charge on any atom is -0.478 e. The summed E-state index contributed by atoms with van der Waals surface area (Å²) in [5, 5.41) is 10.5. The zero-order chi connectivity index (χ0) is 19.1. The third-order valence-electron chi connectivity index (χ3n) is 6.05. The van der Waals surface area contributed by atoms with E-state index < -0.39 is 5.97 Å². The van der Waals surface area contributed by atoms with E-state index in [0.29, 0.717) is 17.4 Å². The van der Waals surface area contributed by atoms with Crippen LogP contribution in [0, 0.1) is 19.8 Å². The fraction of sp³-hybridized carbons (Fsp3) is 0.348. The molecule has 0 bridgehead atoms. The molecule has 1 aliphatic heterocycles. The molecule has 2 atom stereocenters. The second-order valence-corrected chi connectivity index (χ2v) is 7.97. The summed E-state index contributed by atoms with van der Waals surface area (Å²) in [6, 6.07) is 11.9. The van der Waals surface area contributed by atoms with Crippen molar-refractivity contribution in [2.45, 2.75) is 26.2 Å². The Hall–Kier alpha value is -2.59. The molecule has 0 radical (unpaired) electrons. The largest absolute Gasteiger partial charge is 0.478 e. The minimum atomic E-state index is -0.869. The second-order valence-electron chi connectivity index (χ2n) is 7.97. The lowest BCUT2D eigenvalue weighted by Crippen LogP contribution is -2.16. The number of carbonyl (C=O) groups is 1. The number of fused-ring (bicyclic) bond motifs is 1. The van der Waals surface area contributed by atoms with E-state index in [1.165, 1.54) is 33.2 Å². The van der Waals surface area contributed by atoms with Crippen LogP contribution in [0.15, 0.2) is 42.6 Å². The van der Waals surface area contributed by atoms with Gasteiger partial charge in [-0.15, -0.1) is 0 Å². The molecule has 3 aromatic rings. The Balaban J connectivity index is 1.66. The number of H-pyrrole nitrogens is 1. The Morgan fingerprint density at radius 1 is 1.15 bits per heavy atom. The molecular weight excluding hydrogens is 336 g/mol. The number of aromatic carboxylic acids is 1. The maximum Gasteiger partial charge on any atom is 0.335 e. The number of nitrogens with one attached hydrogen (secondary N) is 1. The number of aromatic nitrogens is 1. The summed E-state index contributed by atoms with van der Waals surface area (Å²) < 4.78 is 0. The third-order valence-corrected chi connectivity index (χ3v) is 6.05. The van der Waals surface area contributed by atoms with Crippen LogP contribution in [-0.2, 0) is 6.42 Å². The van der Waals surface area contributed by atoms with Crippen LogP contribution in [0.5, 0.6) is 0 Å². The number of rotatable bonds is 4. The molecule has 2 unspecified atom stereocenters. The number of aryl methyl sites for hydroxylation is 2. The molecule has 0 aliphatic carbocycles. The highest BCUT2D eigenvalue weighted by Gasteiger charge is 2.32. The van der Waals surface area contributed by atoms with Crippen LogP contribution in [0.4, 0.5) is 0 Å². The van der Waals surface area contributed by atoms with Crippen LogP contribution in [-0.4, -0.2) is 41.1 Å². The number of aromatic amines is 1. The molecule has 4 heteroatoms. The van der Waals surface area contributed by atoms with E-state index in [9.17, 15) is 4.79 Å². The van der Waals surface area contributed by atoms with Crippen molar-refractivity contribution in [3.8, 4) is 0 Å². The highest BCUT2D eigenvalue weighted by Crippen LogP contribution is 2.37. The van der Waals surface area contributed by atoms with Gasteiger partial charge in [0.25, 0.3) is 0 Å². The molecule has 2 N–H and O–H groups in total. The van der Waals surface area contributed by atoms with E-state index in [1.54, 1.807) is 12.1 Å². The van der Waals surface area contributed by atoms with Crippen molar-refractivity contribution in [3.63, 3.8) is 0 Å². The van der Waals surface area contributed by atoms with Gasteiger partial charge in [0, 0.05) is 36.1 Å². The van der Waals surface area contributed by atoms with Crippen molar-refractivity contribution in [3.05, 3.63) is 70.4 Å². The molecule has 140 valence electrons. The van der Waals surface area contributed by atoms with Gasteiger partial charge in [-0.1, -0.05) is 18.2 Å². The maximum atomic E-state index is 11.1. The third kappa shape index (κ3) is 3.26. The number of nitrogens with zero attached hydrogens (tertiary/aromatic N) is 1. The molecule has 27 heavy (non-hydrogen) atoms. The summed E-state index contributed by atoms with van der Waals surface area (Å²) in [4.78, 5) is 16.9. The Bertz CT molecular complexity index is 988. The summed E-state index contributed by atoms with van der Waals surface area (Å²) in [5.74, 6) is 0.0736. The average molecular weight is 362 g/mol. The summed E-state index contributed by atoms with van der Waals surface area (Å²) in [6.07, 6.45) is 3.07. The smallest absolute Gasteiger partial charge is 0.335 e. The minimum absolute atomic E-state index is 0.352. The second kappa shape index (κ2) is 6.86. The topological polar surface area (TPSA) is 56.3 Å². The molecule has 1 fully saturated rings. The van der Waals surface area contributed by atoms with Gasteiger partial charge in [0.2, 0.25) is 0 Å². The number of hydrogen-bond acceptors (Lipinski definition) is 2. The van der Waals surface area contributed by atoms with Crippen molar-refractivity contribution in [2.75, 3.05) is 20.1 Å². The number of carboxylic acids is 1. The van der Waals surface area contributed by atoms with Gasteiger partial charge in [0.05, 0.1) is 5.56 Å². The van der Waals surface area contributed by atoms with E-state index in [2.05, 4.69) is 42.9 Å². The van der Waals surface area contributed by atoms with Crippen molar-refractivity contribution in [1.29, 1.82) is 0 Å². The predicted octanol–water partition coefficient (Wildman–Crippen LogP) is 4.37. The van der Waals surface area contributed by atoms with Gasteiger partial charge >= 0.3 is 5.97 Å². The SMILES string of the molecule is Cc1cc(C)c2[nH]ccc2c1CC1CN(C)CC1c1ccc(C(=O)O)cc1. The standard InChI is InChI=1S/C23H26N2O2/c1-14-10-15(2)22-19(8-9-24-22)20(14)11-18-12-25(3)13-21(18)16-4-6-17(7-5-16)23(26)27/h4-10,18,21,24H,11-13H2,1-3H3,(H,26,27). The predicted molar refractivity (Wildman–Crippen MR) is 109 cm³/mol. The van der Waals surface area contributed by atoms with Crippen molar-refractivity contribution < 1.29 is 9.90 Å². The molecular formula is C23H26N2O2. The number of likely N-dealkylation sites (N-methyl/N-ethyl adjacent to an activating group) is 1. The van der Waals surface area contributed by atoms with Gasteiger partial charge in [-0.2, -0.15) is 0 Å².